The lowest BCUT2D eigenvalue weighted by molar-refractivity contribution is 0.579. The van der Waals surface area contributed by atoms with Crippen LogP contribution in [0.1, 0.15) is 55.7 Å². The number of nitrogens with zero attached hydrogens (tertiary/aromatic N) is 2. The molecule has 0 aliphatic heterocycles. The molecule has 2 aromatic rings. The third-order valence-corrected chi connectivity index (χ3v) is 4.13. The summed E-state index contributed by atoms with van der Waals surface area (Å²) in [6.07, 6.45) is 12.4. The molecule has 0 bridgehead atoms. The molecule has 1 saturated carbocycles. The second kappa shape index (κ2) is 6.05. The summed E-state index contributed by atoms with van der Waals surface area (Å²) in [5, 5.41) is 0. The quantitative estimate of drug-likeness (QED) is 0.744. The van der Waals surface area contributed by atoms with Crippen LogP contribution in [0.3, 0.4) is 0 Å². The molecule has 19 heavy (non-hydrogen) atoms. The van der Waals surface area contributed by atoms with Gasteiger partial charge in [0.15, 0.2) is 0 Å². The van der Waals surface area contributed by atoms with Crippen molar-refractivity contribution in [3.05, 3.63) is 54.1 Å². The van der Waals surface area contributed by atoms with Gasteiger partial charge in [-0.15, -0.1) is 0 Å². The maximum Gasteiger partial charge on any atom is 0.0952 e. The number of aromatic nitrogens is 2. The zero-order chi connectivity index (χ0) is 12.9. The topological polar surface area (TPSA) is 17.8 Å². The molecule has 1 fully saturated rings. The number of hydrogen-bond donors (Lipinski definition) is 0. The van der Waals surface area contributed by atoms with Crippen molar-refractivity contribution in [3.8, 4) is 0 Å². The summed E-state index contributed by atoms with van der Waals surface area (Å²) in [5.41, 5.74) is 2.64. The van der Waals surface area contributed by atoms with E-state index in [4.69, 9.17) is 0 Å². The van der Waals surface area contributed by atoms with Crippen LogP contribution in [0.5, 0.6) is 0 Å². The normalized spacial score (nSPS) is 17.3. The van der Waals surface area contributed by atoms with E-state index in [0.29, 0.717) is 5.92 Å². The molecule has 2 nitrogen and oxygen atoms in total. The summed E-state index contributed by atoms with van der Waals surface area (Å²) in [6, 6.07) is 10.6. The third-order valence-electron chi connectivity index (χ3n) is 4.13. The van der Waals surface area contributed by atoms with E-state index >= 15 is 0 Å². The van der Waals surface area contributed by atoms with E-state index in [1.165, 1.54) is 49.8 Å². The van der Waals surface area contributed by atoms with Crippen LogP contribution in [0, 0.1) is 0 Å². The fourth-order valence-electron chi connectivity index (χ4n) is 3.04. The number of rotatable bonds is 3. The van der Waals surface area contributed by atoms with Crippen LogP contribution in [0.15, 0.2) is 42.9 Å². The predicted molar refractivity (Wildman–Crippen MR) is 78.2 cm³/mol. The molecule has 1 aliphatic carbocycles. The molecule has 100 valence electrons. The lowest BCUT2D eigenvalue weighted by Gasteiger charge is -2.10. The van der Waals surface area contributed by atoms with Gasteiger partial charge in [0.1, 0.15) is 0 Å². The molecule has 0 unspecified atom stereocenters. The summed E-state index contributed by atoms with van der Waals surface area (Å²) in [4.78, 5) is 4.64. The minimum atomic E-state index is 0.694. The Hall–Kier alpha value is -1.57. The average molecular weight is 254 g/mol. The van der Waals surface area contributed by atoms with E-state index < -0.39 is 0 Å². The van der Waals surface area contributed by atoms with E-state index in [9.17, 15) is 0 Å². The number of benzene rings is 1. The second-order valence-electron chi connectivity index (χ2n) is 5.64. The Morgan fingerprint density at radius 3 is 2.47 bits per heavy atom. The van der Waals surface area contributed by atoms with Crippen molar-refractivity contribution in [1.29, 1.82) is 0 Å². The molecule has 1 aliphatic rings. The minimum Gasteiger partial charge on any atom is -0.333 e. The first kappa shape index (κ1) is 12.5. The SMILES string of the molecule is c1ccc(Cn2cnc(C3CCCCCC3)c2)cc1. The molecular weight excluding hydrogens is 232 g/mol. The molecule has 3 rings (SSSR count). The maximum atomic E-state index is 4.64. The smallest absolute Gasteiger partial charge is 0.0952 e. The lowest BCUT2D eigenvalue weighted by Crippen LogP contribution is -1.98. The van der Waals surface area contributed by atoms with Gasteiger partial charge in [0.25, 0.3) is 0 Å². The van der Waals surface area contributed by atoms with Crippen LogP contribution in [0.2, 0.25) is 0 Å². The van der Waals surface area contributed by atoms with Gasteiger partial charge in [-0.3, -0.25) is 0 Å². The molecule has 1 aromatic heterocycles. The van der Waals surface area contributed by atoms with Gasteiger partial charge in [0.2, 0.25) is 0 Å². The van der Waals surface area contributed by atoms with Crippen LogP contribution in [-0.2, 0) is 6.54 Å². The number of imidazole rings is 1. The van der Waals surface area contributed by atoms with E-state index in [-0.39, 0.29) is 0 Å². The van der Waals surface area contributed by atoms with Gasteiger partial charge in [0.05, 0.1) is 12.0 Å². The van der Waals surface area contributed by atoms with Crippen molar-refractivity contribution >= 4 is 0 Å². The van der Waals surface area contributed by atoms with Crippen molar-refractivity contribution < 1.29 is 0 Å². The van der Waals surface area contributed by atoms with Crippen molar-refractivity contribution in [2.75, 3.05) is 0 Å². The monoisotopic (exact) mass is 254 g/mol. The highest BCUT2D eigenvalue weighted by Crippen LogP contribution is 2.30. The summed E-state index contributed by atoms with van der Waals surface area (Å²) < 4.78 is 2.22. The Kier molecular flexibility index (Phi) is 3.97. The largest absolute Gasteiger partial charge is 0.333 e. The molecule has 0 amide bonds. The Bertz CT molecular complexity index is 493. The highest BCUT2D eigenvalue weighted by molar-refractivity contribution is 5.16. The summed E-state index contributed by atoms with van der Waals surface area (Å²) in [7, 11) is 0. The first-order chi connectivity index (χ1) is 9.42. The molecule has 0 atom stereocenters. The van der Waals surface area contributed by atoms with Crippen LogP contribution >= 0.6 is 0 Å². The third kappa shape index (κ3) is 3.25. The zero-order valence-electron chi connectivity index (χ0n) is 11.5. The van der Waals surface area contributed by atoms with Gasteiger partial charge in [-0.05, 0) is 18.4 Å². The standard InChI is InChI=1S/C17H22N2/c1-2-7-11-16(10-6-1)17-13-19(14-18-17)12-15-8-4-3-5-9-15/h3-5,8-9,13-14,16H,1-2,6-7,10-12H2. The van der Waals surface area contributed by atoms with E-state index in [0.717, 1.165) is 6.54 Å². The van der Waals surface area contributed by atoms with Gasteiger partial charge in [-0.1, -0.05) is 56.0 Å². The Balaban J connectivity index is 1.68. The fourth-order valence-corrected chi connectivity index (χ4v) is 3.04. The van der Waals surface area contributed by atoms with E-state index in [1.54, 1.807) is 0 Å². The minimum absolute atomic E-state index is 0.694. The highest BCUT2D eigenvalue weighted by atomic mass is 15.0. The van der Waals surface area contributed by atoms with Gasteiger partial charge in [-0.2, -0.15) is 0 Å². The zero-order valence-corrected chi connectivity index (χ0v) is 11.5. The molecule has 0 N–H and O–H groups in total. The Morgan fingerprint density at radius 1 is 1.00 bits per heavy atom. The molecule has 1 aromatic carbocycles. The van der Waals surface area contributed by atoms with E-state index in [1.807, 2.05) is 6.33 Å². The molecule has 0 radical (unpaired) electrons. The highest BCUT2D eigenvalue weighted by Gasteiger charge is 2.16. The molecule has 0 saturated heterocycles. The maximum absolute atomic E-state index is 4.64. The predicted octanol–water partition coefficient (Wildman–Crippen LogP) is 4.37. The van der Waals surface area contributed by atoms with Crippen LogP contribution in [-0.4, -0.2) is 9.55 Å². The average Bonchev–Trinajstić information content (AvgIpc) is 2.74. The van der Waals surface area contributed by atoms with Gasteiger partial charge in [0, 0.05) is 18.7 Å². The Labute approximate surface area is 115 Å². The first-order valence-electron chi connectivity index (χ1n) is 7.47. The fraction of sp³-hybridized carbons (Fsp3) is 0.471. The molecule has 1 heterocycles. The van der Waals surface area contributed by atoms with Crippen LogP contribution in [0.25, 0.3) is 0 Å². The van der Waals surface area contributed by atoms with E-state index in [2.05, 4.69) is 46.1 Å². The van der Waals surface area contributed by atoms with Crippen LogP contribution in [0.4, 0.5) is 0 Å². The molecule has 0 spiro atoms. The van der Waals surface area contributed by atoms with Crippen molar-refractivity contribution in [3.63, 3.8) is 0 Å². The summed E-state index contributed by atoms with van der Waals surface area (Å²) in [5.74, 6) is 0.694. The summed E-state index contributed by atoms with van der Waals surface area (Å²) in [6.45, 7) is 0.931. The second-order valence-corrected chi connectivity index (χ2v) is 5.64. The van der Waals surface area contributed by atoms with Gasteiger partial charge >= 0.3 is 0 Å². The first-order valence-corrected chi connectivity index (χ1v) is 7.47. The summed E-state index contributed by atoms with van der Waals surface area (Å²) >= 11 is 0. The van der Waals surface area contributed by atoms with Crippen molar-refractivity contribution in [2.45, 2.75) is 51.0 Å². The van der Waals surface area contributed by atoms with Crippen LogP contribution < -0.4 is 0 Å². The Morgan fingerprint density at radius 2 is 1.74 bits per heavy atom. The molecular formula is C17H22N2. The van der Waals surface area contributed by atoms with Crippen molar-refractivity contribution in [2.24, 2.45) is 0 Å². The lowest BCUT2D eigenvalue weighted by atomic mass is 9.97. The number of hydrogen-bond acceptors (Lipinski definition) is 1. The molecule has 2 heteroatoms. The van der Waals surface area contributed by atoms with Gasteiger partial charge in [-0.25, -0.2) is 4.98 Å². The van der Waals surface area contributed by atoms with Gasteiger partial charge < -0.3 is 4.57 Å². The van der Waals surface area contributed by atoms with Crippen molar-refractivity contribution in [1.82, 2.24) is 9.55 Å².